The summed E-state index contributed by atoms with van der Waals surface area (Å²) in [6, 6.07) is 7.29. The topological polar surface area (TPSA) is 122 Å². The van der Waals surface area contributed by atoms with Crippen molar-refractivity contribution in [1.29, 1.82) is 0 Å². The average molecular weight is 465 g/mol. The monoisotopic (exact) mass is 464 g/mol. The lowest BCUT2D eigenvalue weighted by Crippen LogP contribution is -2.37. The zero-order chi connectivity index (χ0) is 22.8. The molecule has 8 nitrogen and oxygen atoms in total. The molecule has 0 unspecified atom stereocenters. The molecule has 0 radical (unpaired) electrons. The number of aliphatic hydroxyl groups is 1. The van der Waals surface area contributed by atoms with Gasteiger partial charge in [0, 0.05) is 6.04 Å². The summed E-state index contributed by atoms with van der Waals surface area (Å²) in [6.07, 6.45) is 8.50. The molecule has 2 aliphatic carbocycles. The number of aromatic nitrogens is 1. The lowest BCUT2D eigenvalue weighted by atomic mass is 9.82. The van der Waals surface area contributed by atoms with Gasteiger partial charge in [-0.1, -0.05) is 12.1 Å². The van der Waals surface area contributed by atoms with E-state index in [1.807, 2.05) is 12.1 Å². The molecular formula is C23H32N2O6S. The first-order valence-electron chi connectivity index (χ1n) is 11.2. The molecule has 2 aliphatic rings. The van der Waals surface area contributed by atoms with E-state index in [0.29, 0.717) is 49.1 Å². The smallest absolute Gasteiger partial charge is 0.208 e. The molecule has 2 atom stereocenters. The zero-order valence-corrected chi connectivity index (χ0v) is 19.2. The van der Waals surface area contributed by atoms with Crippen LogP contribution in [0.5, 0.6) is 5.75 Å². The van der Waals surface area contributed by atoms with Crippen molar-refractivity contribution in [2.75, 3.05) is 12.9 Å². The molecule has 0 spiro atoms. The maximum atomic E-state index is 11.7. The lowest BCUT2D eigenvalue weighted by molar-refractivity contribution is -0.0101. The second kappa shape index (κ2) is 9.51. The third kappa shape index (κ3) is 5.51. The highest BCUT2D eigenvalue weighted by molar-refractivity contribution is 7.88. The number of aliphatic hydroxyl groups excluding tert-OH is 1. The van der Waals surface area contributed by atoms with Gasteiger partial charge in [0.1, 0.15) is 17.7 Å². The molecule has 2 aromatic rings. The van der Waals surface area contributed by atoms with Crippen LogP contribution in [0.25, 0.3) is 0 Å². The van der Waals surface area contributed by atoms with Crippen LogP contribution in [0.4, 0.5) is 0 Å². The largest absolute Gasteiger partial charge is 0.508 e. The summed E-state index contributed by atoms with van der Waals surface area (Å²) >= 11 is 0. The number of aromatic hydroxyl groups is 1. The molecular weight excluding hydrogens is 432 g/mol. The molecule has 176 valence electrons. The molecule has 9 heteroatoms. The Bertz CT molecular complexity index is 1010. The third-order valence-electron chi connectivity index (χ3n) is 6.77. The van der Waals surface area contributed by atoms with E-state index in [9.17, 15) is 18.6 Å². The first-order valence-corrected chi connectivity index (χ1v) is 13.1. The first-order chi connectivity index (χ1) is 15.3. The number of benzene rings is 1. The van der Waals surface area contributed by atoms with Gasteiger partial charge in [-0.15, -0.1) is 0 Å². The maximum absolute atomic E-state index is 11.7. The molecule has 2 fully saturated rings. The predicted molar refractivity (Wildman–Crippen MR) is 119 cm³/mol. The minimum atomic E-state index is -3.31. The van der Waals surface area contributed by atoms with Crippen molar-refractivity contribution in [3.8, 4) is 5.75 Å². The first kappa shape index (κ1) is 23.2. The number of sulfonamides is 1. The Hall–Kier alpha value is -1.94. The van der Waals surface area contributed by atoms with Crippen molar-refractivity contribution < 1.29 is 27.8 Å². The van der Waals surface area contributed by atoms with Crippen LogP contribution in [0.2, 0.25) is 0 Å². The molecule has 0 saturated heterocycles. The number of oxazole rings is 1. The van der Waals surface area contributed by atoms with Gasteiger partial charge in [0.05, 0.1) is 31.0 Å². The van der Waals surface area contributed by atoms with E-state index in [1.54, 1.807) is 6.07 Å². The molecule has 2 saturated carbocycles. The van der Waals surface area contributed by atoms with Crippen LogP contribution in [0.15, 0.2) is 34.9 Å². The minimum absolute atomic E-state index is 0.120. The number of phenols is 1. The average Bonchev–Trinajstić information content (AvgIpc) is 3.39. The van der Waals surface area contributed by atoms with Crippen LogP contribution in [0.1, 0.15) is 68.0 Å². The lowest BCUT2D eigenvalue weighted by Gasteiger charge is -2.32. The van der Waals surface area contributed by atoms with E-state index < -0.39 is 15.4 Å². The van der Waals surface area contributed by atoms with Gasteiger partial charge in [0.25, 0.3) is 0 Å². The minimum Gasteiger partial charge on any atom is -0.508 e. The fourth-order valence-electron chi connectivity index (χ4n) is 5.16. The van der Waals surface area contributed by atoms with Crippen molar-refractivity contribution in [3.63, 3.8) is 0 Å². The van der Waals surface area contributed by atoms with Gasteiger partial charge >= 0.3 is 0 Å². The van der Waals surface area contributed by atoms with Crippen molar-refractivity contribution in [2.45, 2.75) is 75.0 Å². The number of rotatable bonds is 8. The maximum Gasteiger partial charge on any atom is 0.208 e. The van der Waals surface area contributed by atoms with E-state index >= 15 is 0 Å². The van der Waals surface area contributed by atoms with Gasteiger partial charge in [-0.2, -0.15) is 0 Å². The summed E-state index contributed by atoms with van der Waals surface area (Å²) in [7, 11) is -3.31. The Morgan fingerprint density at radius 3 is 2.69 bits per heavy atom. The van der Waals surface area contributed by atoms with E-state index in [1.165, 1.54) is 18.1 Å². The molecule has 0 aliphatic heterocycles. The van der Waals surface area contributed by atoms with Gasteiger partial charge in [-0.3, -0.25) is 0 Å². The standard InChI is InChI=1S/C23H32N2O6S/c1-32(28,29)25-18-9-10-23(12-18,22-24-19(13-26)14-30-22)15-31-21-7-5-16(6-8-21)17-3-2-4-20(27)11-17/h2-4,11,14,16,18,21,25-27H,5-10,12-13,15H2,1H3/t16?,18-,21?,23-/m0/s1. The van der Waals surface area contributed by atoms with Crippen LogP contribution in [-0.2, 0) is 26.8 Å². The van der Waals surface area contributed by atoms with Crippen molar-refractivity contribution >= 4 is 10.0 Å². The Morgan fingerprint density at radius 2 is 2.03 bits per heavy atom. The highest BCUT2D eigenvalue weighted by Gasteiger charge is 2.46. The Balaban J connectivity index is 1.40. The normalized spacial score (nSPS) is 28.8. The SMILES string of the molecule is CS(=O)(=O)N[C@H]1CC[C@](COC2CCC(c3cccc(O)c3)CC2)(c2nc(CO)co2)C1. The number of hydrogen-bond donors (Lipinski definition) is 3. The predicted octanol–water partition coefficient (Wildman–Crippen LogP) is 2.96. The van der Waals surface area contributed by atoms with Crippen LogP contribution in [-0.4, -0.2) is 48.6 Å². The Labute approximate surface area is 189 Å². The second-order valence-corrected chi connectivity index (χ2v) is 11.1. The molecule has 32 heavy (non-hydrogen) atoms. The number of hydrogen-bond acceptors (Lipinski definition) is 7. The highest BCUT2D eigenvalue weighted by atomic mass is 32.2. The Kier molecular flexibility index (Phi) is 6.90. The fraction of sp³-hybridized carbons (Fsp3) is 0.609. The summed E-state index contributed by atoms with van der Waals surface area (Å²) in [5.74, 6) is 1.23. The van der Waals surface area contributed by atoms with Crippen LogP contribution < -0.4 is 4.72 Å². The van der Waals surface area contributed by atoms with Crippen LogP contribution >= 0.6 is 0 Å². The summed E-state index contributed by atoms with van der Waals surface area (Å²) in [5.41, 5.74) is 1.12. The molecule has 3 N–H and O–H groups in total. The number of nitrogens with one attached hydrogen (secondary N) is 1. The highest BCUT2D eigenvalue weighted by Crippen LogP contribution is 2.43. The summed E-state index contributed by atoms with van der Waals surface area (Å²) in [5, 5.41) is 19.1. The van der Waals surface area contributed by atoms with Gasteiger partial charge in [0.2, 0.25) is 15.9 Å². The fourth-order valence-corrected chi connectivity index (χ4v) is 5.97. The summed E-state index contributed by atoms with van der Waals surface area (Å²) in [6.45, 7) is 0.201. The summed E-state index contributed by atoms with van der Waals surface area (Å²) in [4.78, 5) is 4.44. The molecule has 1 aromatic carbocycles. The third-order valence-corrected chi connectivity index (χ3v) is 7.53. The van der Waals surface area contributed by atoms with E-state index in [2.05, 4.69) is 15.8 Å². The van der Waals surface area contributed by atoms with Gasteiger partial charge in [-0.25, -0.2) is 18.1 Å². The quantitative estimate of drug-likeness (QED) is 0.549. The molecule has 4 rings (SSSR count). The van der Waals surface area contributed by atoms with E-state index in [0.717, 1.165) is 25.7 Å². The van der Waals surface area contributed by atoms with Gasteiger partial charge in [0.15, 0.2) is 0 Å². The van der Waals surface area contributed by atoms with E-state index in [-0.39, 0.29) is 18.8 Å². The molecule has 0 amide bonds. The Morgan fingerprint density at radius 1 is 1.25 bits per heavy atom. The number of phenolic OH excluding ortho intramolecular Hbond substituents is 1. The van der Waals surface area contributed by atoms with Gasteiger partial charge < -0.3 is 19.4 Å². The van der Waals surface area contributed by atoms with Crippen LogP contribution in [0.3, 0.4) is 0 Å². The zero-order valence-electron chi connectivity index (χ0n) is 18.4. The van der Waals surface area contributed by atoms with Crippen molar-refractivity contribution in [1.82, 2.24) is 9.71 Å². The van der Waals surface area contributed by atoms with Crippen molar-refractivity contribution in [2.24, 2.45) is 0 Å². The molecule has 1 aromatic heterocycles. The number of ether oxygens (including phenoxy) is 1. The molecule has 1 heterocycles. The van der Waals surface area contributed by atoms with E-state index in [4.69, 9.17) is 9.15 Å². The second-order valence-electron chi connectivity index (χ2n) is 9.29. The number of nitrogens with zero attached hydrogens (tertiary/aromatic N) is 1. The van der Waals surface area contributed by atoms with Crippen LogP contribution in [0, 0.1) is 0 Å². The van der Waals surface area contributed by atoms with Gasteiger partial charge in [-0.05, 0) is 68.6 Å². The summed E-state index contributed by atoms with van der Waals surface area (Å²) < 4.78 is 38.2. The van der Waals surface area contributed by atoms with Crippen molar-refractivity contribution in [3.05, 3.63) is 47.7 Å². The molecule has 0 bridgehead atoms.